The second kappa shape index (κ2) is 7.33. The van der Waals surface area contributed by atoms with E-state index in [1.165, 1.54) is 4.88 Å². The molecule has 1 amide bonds. The van der Waals surface area contributed by atoms with Crippen LogP contribution >= 0.6 is 11.3 Å². The van der Waals surface area contributed by atoms with Gasteiger partial charge >= 0.3 is 0 Å². The number of nitrogens with one attached hydrogen (secondary N) is 3. The lowest BCUT2D eigenvalue weighted by Gasteiger charge is -2.20. The van der Waals surface area contributed by atoms with Crippen LogP contribution in [0.3, 0.4) is 0 Å². The summed E-state index contributed by atoms with van der Waals surface area (Å²) in [5.74, 6) is 1.39. The second-order valence-electron chi connectivity index (χ2n) is 6.34. The summed E-state index contributed by atoms with van der Waals surface area (Å²) in [4.78, 5) is 25.6. The molecule has 0 unspecified atom stereocenters. The highest BCUT2D eigenvalue weighted by Gasteiger charge is 2.18. The van der Waals surface area contributed by atoms with E-state index >= 15 is 0 Å². The Labute approximate surface area is 150 Å². The van der Waals surface area contributed by atoms with Gasteiger partial charge < -0.3 is 15.6 Å². The van der Waals surface area contributed by atoms with Crippen LogP contribution in [0.25, 0.3) is 11.0 Å². The van der Waals surface area contributed by atoms with Crippen LogP contribution in [0.4, 0.5) is 5.13 Å². The fourth-order valence-corrected chi connectivity index (χ4v) is 4.18. The number of imidazole rings is 1. The van der Waals surface area contributed by atoms with Crippen molar-refractivity contribution < 1.29 is 4.79 Å². The summed E-state index contributed by atoms with van der Waals surface area (Å²) in [6.07, 6.45) is 5.17. The highest BCUT2D eigenvalue weighted by Crippen LogP contribution is 2.31. The molecule has 2 aromatic heterocycles. The Hall–Kier alpha value is -2.25. The Kier molecular flexibility index (Phi) is 4.76. The number of hydrogen-bond acceptors (Lipinski definition) is 5. The van der Waals surface area contributed by atoms with Gasteiger partial charge in [-0.25, -0.2) is 9.97 Å². The van der Waals surface area contributed by atoms with Crippen molar-refractivity contribution in [1.82, 2.24) is 20.3 Å². The van der Waals surface area contributed by atoms with Crippen molar-refractivity contribution in [1.29, 1.82) is 0 Å². The van der Waals surface area contributed by atoms with Crippen molar-refractivity contribution in [3.05, 3.63) is 41.2 Å². The Morgan fingerprint density at radius 3 is 2.96 bits per heavy atom. The van der Waals surface area contributed by atoms with Gasteiger partial charge in [0, 0.05) is 23.9 Å². The van der Waals surface area contributed by atoms with E-state index in [1.807, 2.05) is 30.5 Å². The number of para-hydroxylation sites is 2. The summed E-state index contributed by atoms with van der Waals surface area (Å²) in [5, 5.41) is 6.98. The van der Waals surface area contributed by atoms with Crippen molar-refractivity contribution in [3.8, 4) is 0 Å². The number of nitrogens with zero attached hydrogens (tertiary/aromatic N) is 2. The number of aryl methyl sites for hydroxylation is 1. The first-order chi connectivity index (χ1) is 12.3. The quantitative estimate of drug-likeness (QED) is 0.657. The van der Waals surface area contributed by atoms with E-state index in [0.717, 1.165) is 42.8 Å². The standard InChI is InChI=1S/C18H21N5OS/c24-17(6-5-16-21-13-3-1-2-4-14(13)22-16)23-18-20-11-15(25-18)12-7-9-19-10-8-12/h1-4,11-12,19H,5-10H2,(H,21,22)(H,20,23,24). The summed E-state index contributed by atoms with van der Waals surface area (Å²) >= 11 is 1.60. The third-order valence-electron chi connectivity index (χ3n) is 4.54. The second-order valence-corrected chi connectivity index (χ2v) is 7.40. The Balaban J connectivity index is 1.32. The summed E-state index contributed by atoms with van der Waals surface area (Å²) in [5.41, 5.74) is 1.94. The van der Waals surface area contributed by atoms with Gasteiger partial charge in [0.05, 0.1) is 11.0 Å². The monoisotopic (exact) mass is 355 g/mol. The number of thiazole rings is 1. The molecule has 1 saturated heterocycles. The molecule has 0 aliphatic carbocycles. The van der Waals surface area contributed by atoms with Crippen molar-refractivity contribution in [2.24, 2.45) is 0 Å². The lowest BCUT2D eigenvalue weighted by molar-refractivity contribution is -0.116. The van der Waals surface area contributed by atoms with Gasteiger partial charge in [0.25, 0.3) is 0 Å². The molecule has 130 valence electrons. The number of fused-ring (bicyclic) bond motifs is 1. The largest absolute Gasteiger partial charge is 0.342 e. The average molecular weight is 355 g/mol. The van der Waals surface area contributed by atoms with Crippen LogP contribution < -0.4 is 10.6 Å². The van der Waals surface area contributed by atoms with Crippen LogP contribution in [0.15, 0.2) is 30.5 Å². The third-order valence-corrected chi connectivity index (χ3v) is 5.61. The van der Waals surface area contributed by atoms with Crippen LogP contribution in [0, 0.1) is 0 Å². The average Bonchev–Trinajstić information content (AvgIpc) is 3.27. The minimum Gasteiger partial charge on any atom is -0.342 e. The molecule has 0 spiro atoms. The van der Waals surface area contributed by atoms with Gasteiger partial charge in [-0.1, -0.05) is 12.1 Å². The van der Waals surface area contributed by atoms with Gasteiger partial charge in [0.2, 0.25) is 5.91 Å². The molecule has 0 radical (unpaired) electrons. The van der Waals surface area contributed by atoms with Crippen molar-refractivity contribution in [2.75, 3.05) is 18.4 Å². The fourth-order valence-electron chi connectivity index (χ4n) is 3.18. The first-order valence-electron chi connectivity index (χ1n) is 8.68. The van der Waals surface area contributed by atoms with E-state index in [1.54, 1.807) is 11.3 Å². The number of amides is 1. The van der Waals surface area contributed by atoms with E-state index in [9.17, 15) is 4.79 Å². The zero-order valence-corrected chi connectivity index (χ0v) is 14.7. The molecule has 1 aliphatic rings. The van der Waals surface area contributed by atoms with E-state index in [-0.39, 0.29) is 5.91 Å². The molecule has 6 nitrogen and oxygen atoms in total. The minimum atomic E-state index is -0.0216. The van der Waals surface area contributed by atoms with Crippen molar-refractivity contribution >= 4 is 33.4 Å². The van der Waals surface area contributed by atoms with E-state index in [4.69, 9.17) is 0 Å². The number of aromatic nitrogens is 3. The summed E-state index contributed by atoms with van der Waals surface area (Å²) < 4.78 is 0. The summed E-state index contributed by atoms with van der Waals surface area (Å²) in [6, 6.07) is 7.89. The number of anilines is 1. The number of piperidine rings is 1. The van der Waals surface area contributed by atoms with Crippen LogP contribution in [0.5, 0.6) is 0 Å². The molecule has 1 aromatic carbocycles. The van der Waals surface area contributed by atoms with Crippen LogP contribution in [-0.2, 0) is 11.2 Å². The molecule has 3 heterocycles. The normalized spacial score (nSPS) is 15.5. The molecule has 4 rings (SSSR count). The van der Waals surface area contributed by atoms with E-state index < -0.39 is 0 Å². The highest BCUT2D eigenvalue weighted by molar-refractivity contribution is 7.15. The third kappa shape index (κ3) is 3.88. The number of aromatic amines is 1. The number of carbonyl (C=O) groups excluding carboxylic acids is 1. The Morgan fingerprint density at radius 1 is 1.28 bits per heavy atom. The number of H-pyrrole nitrogens is 1. The molecule has 0 saturated carbocycles. The van der Waals surface area contributed by atoms with E-state index in [2.05, 4.69) is 25.6 Å². The van der Waals surface area contributed by atoms with Crippen LogP contribution in [-0.4, -0.2) is 33.9 Å². The molecule has 1 aliphatic heterocycles. The smallest absolute Gasteiger partial charge is 0.226 e. The Bertz CT molecular complexity index is 832. The first-order valence-corrected chi connectivity index (χ1v) is 9.49. The molecular weight excluding hydrogens is 334 g/mol. The number of hydrogen-bond donors (Lipinski definition) is 3. The fraction of sp³-hybridized carbons (Fsp3) is 0.389. The lowest BCUT2D eigenvalue weighted by Crippen LogP contribution is -2.26. The molecule has 0 atom stereocenters. The molecular formula is C18H21N5OS. The maximum absolute atomic E-state index is 12.2. The Morgan fingerprint density at radius 2 is 2.12 bits per heavy atom. The minimum absolute atomic E-state index is 0.0216. The molecule has 1 fully saturated rings. The van der Waals surface area contributed by atoms with Crippen molar-refractivity contribution in [2.45, 2.75) is 31.6 Å². The lowest BCUT2D eigenvalue weighted by atomic mass is 9.97. The predicted octanol–water partition coefficient (Wildman–Crippen LogP) is 3.06. The zero-order chi connectivity index (χ0) is 17.1. The highest BCUT2D eigenvalue weighted by atomic mass is 32.1. The van der Waals surface area contributed by atoms with Crippen LogP contribution in [0.2, 0.25) is 0 Å². The maximum Gasteiger partial charge on any atom is 0.226 e. The van der Waals surface area contributed by atoms with Gasteiger partial charge in [0.15, 0.2) is 5.13 Å². The molecule has 3 aromatic rings. The summed E-state index contributed by atoms with van der Waals surface area (Å²) in [6.45, 7) is 2.11. The zero-order valence-electron chi connectivity index (χ0n) is 13.9. The SMILES string of the molecule is O=C(CCc1nc2ccccc2[nH]1)Nc1ncc(C2CCNCC2)s1. The number of benzene rings is 1. The van der Waals surface area contributed by atoms with E-state index in [0.29, 0.717) is 23.9 Å². The van der Waals surface area contributed by atoms with Gasteiger partial charge in [-0.3, -0.25) is 4.79 Å². The molecule has 7 heteroatoms. The maximum atomic E-state index is 12.2. The molecule has 0 bridgehead atoms. The topological polar surface area (TPSA) is 82.7 Å². The van der Waals surface area contributed by atoms with Crippen molar-refractivity contribution in [3.63, 3.8) is 0 Å². The van der Waals surface area contributed by atoms with Gasteiger partial charge in [-0.2, -0.15) is 0 Å². The molecule has 25 heavy (non-hydrogen) atoms. The van der Waals surface area contributed by atoms with Crippen LogP contribution in [0.1, 0.15) is 35.9 Å². The van der Waals surface area contributed by atoms with Gasteiger partial charge in [-0.05, 0) is 44.0 Å². The summed E-state index contributed by atoms with van der Waals surface area (Å²) in [7, 11) is 0. The first kappa shape index (κ1) is 16.2. The van der Waals surface area contributed by atoms with Gasteiger partial charge in [0.1, 0.15) is 5.82 Å². The number of rotatable bonds is 5. The number of carbonyl (C=O) groups is 1. The van der Waals surface area contributed by atoms with Gasteiger partial charge in [-0.15, -0.1) is 11.3 Å². The molecule has 3 N–H and O–H groups in total. The predicted molar refractivity (Wildman–Crippen MR) is 100 cm³/mol.